The molecule has 1 aromatic carbocycles. The van der Waals surface area contributed by atoms with Gasteiger partial charge in [-0.05, 0) is 45.5 Å². The van der Waals surface area contributed by atoms with Crippen LogP contribution in [0.15, 0.2) is 18.2 Å². The van der Waals surface area contributed by atoms with Crippen molar-refractivity contribution in [3.05, 3.63) is 35.0 Å². The summed E-state index contributed by atoms with van der Waals surface area (Å²) in [5.41, 5.74) is 4.03. The number of likely N-dealkylation sites (N-methyl/N-ethyl adjacent to an activating group) is 1. The highest BCUT2D eigenvalue weighted by atomic mass is 16.1. The van der Waals surface area contributed by atoms with Gasteiger partial charge in [-0.2, -0.15) is 0 Å². The second kappa shape index (κ2) is 7.36. The van der Waals surface area contributed by atoms with E-state index < -0.39 is 0 Å². The largest absolute Gasteiger partial charge is 0.358 e. The normalized spacial score (nSPS) is 16.6. The molecule has 1 amide bonds. The van der Waals surface area contributed by atoms with Crippen LogP contribution in [0.1, 0.15) is 28.0 Å². The zero-order valence-electron chi connectivity index (χ0n) is 15.0. The Balaban J connectivity index is 1.53. The number of carbonyl (C=O) groups excluding carboxylic acids is 1. The highest BCUT2D eigenvalue weighted by molar-refractivity contribution is 6.06. The van der Waals surface area contributed by atoms with Crippen LogP contribution in [0.5, 0.6) is 0 Å². The van der Waals surface area contributed by atoms with Crippen LogP contribution in [0, 0.1) is 13.8 Å². The molecule has 1 aliphatic rings. The molecule has 0 saturated carbocycles. The monoisotopic (exact) mass is 328 g/mol. The number of aryl methyl sites for hydroxylation is 2. The van der Waals surface area contributed by atoms with Crippen LogP contribution in [0.25, 0.3) is 10.9 Å². The highest BCUT2D eigenvalue weighted by Crippen LogP contribution is 2.24. The summed E-state index contributed by atoms with van der Waals surface area (Å²) in [5, 5.41) is 4.21. The topological polar surface area (TPSA) is 51.4 Å². The molecule has 2 aromatic rings. The zero-order chi connectivity index (χ0) is 17.1. The van der Waals surface area contributed by atoms with E-state index in [1.165, 1.54) is 5.56 Å². The molecule has 2 heterocycles. The molecule has 5 heteroatoms. The molecule has 5 nitrogen and oxygen atoms in total. The van der Waals surface area contributed by atoms with Gasteiger partial charge < -0.3 is 20.1 Å². The number of aromatic amines is 1. The first-order chi connectivity index (χ1) is 11.6. The summed E-state index contributed by atoms with van der Waals surface area (Å²) in [6.07, 6.45) is 0.994. The summed E-state index contributed by atoms with van der Waals surface area (Å²) in [7, 11) is 2.17. The molecule has 1 aromatic heterocycles. The molecule has 0 atom stereocenters. The molecule has 0 bridgehead atoms. The third-order valence-electron chi connectivity index (χ3n) is 5.12. The predicted molar refractivity (Wildman–Crippen MR) is 98.7 cm³/mol. The van der Waals surface area contributed by atoms with Crippen LogP contribution < -0.4 is 5.32 Å². The Labute approximate surface area is 144 Å². The van der Waals surface area contributed by atoms with E-state index in [2.05, 4.69) is 40.1 Å². The Kier molecular flexibility index (Phi) is 5.21. The SMILES string of the molecule is Cc1[nH]c2c(C(=O)NCCCN3CCN(C)CC3)cccc2c1C. The van der Waals surface area contributed by atoms with Gasteiger partial charge >= 0.3 is 0 Å². The lowest BCUT2D eigenvalue weighted by Gasteiger charge is -2.32. The number of nitrogens with one attached hydrogen (secondary N) is 2. The van der Waals surface area contributed by atoms with Crippen molar-refractivity contribution in [3.63, 3.8) is 0 Å². The van der Waals surface area contributed by atoms with Crippen molar-refractivity contribution >= 4 is 16.8 Å². The van der Waals surface area contributed by atoms with E-state index in [0.717, 1.165) is 67.8 Å². The molecule has 0 spiro atoms. The first-order valence-electron chi connectivity index (χ1n) is 8.83. The van der Waals surface area contributed by atoms with Crippen LogP contribution in [-0.4, -0.2) is 67.0 Å². The number of hydrogen-bond donors (Lipinski definition) is 2. The van der Waals surface area contributed by atoms with Gasteiger partial charge in [0.1, 0.15) is 0 Å². The summed E-state index contributed by atoms with van der Waals surface area (Å²) >= 11 is 0. The molecular formula is C19H28N4O. The second-order valence-electron chi connectivity index (χ2n) is 6.86. The van der Waals surface area contributed by atoms with Gasteiger partial charge in [-0.3, -0.25) is 4.79 Å². The van der Waals surface area contributed by atoms with E-state index >= 15 is 0 Å². The zero-order valence-corrected chi connectivity index (χ0v) is 15.0. The van der Waals surface area contributed by atoms with Gasteiger partial charge in [0.05, 0.1) is 11.1 Å². The molecule has 0 aliphatic carbocycles. The van der Waals surface area contributed by atoms with Gasteiger partial charge in [0, 0.05) is 43.8 Å². The van der Waals surface area contributed by atoms with Crippen LogP contribution in [-0.2, 0) is 0 Å². The second-order valence-corrected chi connectivity index (χ2v) is 6.86. The van der Waals surface area contributed by atoms with Crippen LogP contribution >= 0.6 is 0 Å². The lowest BCUT2D eigenvalue weighted by atomic mass is 10.1. The number of benzene rings is 1. The van der Waals surface area contributed by atoms with Crippen molar-refractivity contribution in [1.29, 1.82) is 0 Å². The fourth-order valence-electron chi connectivity index (χ4n) is 3.34. The fourth-order valence-corrected chi connectivity index (χ4v) is 3.34. The third kappa shape index (κ3) is 3.62. The van der Waals surface area contributed by atoms with Crippen LogP contribution in [0.2, 0.25) is 0 Å². The minimum absolute atomic E-state index is 0.0141. The van der Waals surface area contributed by atoms with Gasteiger partial charge in [0.2, 0.25) is 0 Å². The molecule has 1 aliphatic heterocycles. The van der Waals surface area contributed by atoms with E-state index in [0.29, 0.717) is 0 Å². The Hall–Kier alpha value is -1.85. The molecule has 1 fully saturated rings. The highest BCUT2D eigenvalue weighted by Gasteiger charge is 2.15. The molecule has 1 saturated heterocycles. The Bertz CT molecular complexity index is 713. The Morgan fingerprint density at radius 3 is 2.71 bits per heavy atom. The molecule has 0 unspecified atom stereocenters. The van der Waals surface area contributed by atoms with Gasteiger partial charge in [0.25, 0.3) is 5.91 Å². The lowest BCUT2D eigenvalue weighted by molar-refractivity contribution is 0.0951. The summed E-state index contributed by atoms with van der Waals surface area (Å²) in [4.78, 5) is 20.7. The van der Waals surface area contributed by atoms with Crippen molar-refractivity contribution in [1.82, 2.24) is 20.1 Å². The number of nitrogens with zero attached hydrogens (tertiary/aromatic N) is 2. The lowest BCUT2D eigenvalue weighted by Crippen LogP contribution is -2.45. The standard InChI is InChI=1S/C19H28N4O/c1-14-15(2)21-18-16(14)6-4-7-17(18)19(24)20-8-5-9-23-12-10-22(3)11-13-23/h4,6-7,21H,5,8-13H2,1-3H3,(H,20,24). The van der Waals surface area contributed by atoms with Crippen molar-refractivity contribution in [2.75, 3.05) is 46.3 Å². The summed E-state index contributed by atoms with van der Waals surface area (Å²) in [6, 6.07) is 5.92. The number of piperazine rings is 1. The molecular weight excluding hydrogens is 300 g/mol. The predicted octanol–water partition coefficient (Wildman–Crippen LogP) is 2.15. The average Bonchev–Trinajstić information content (AvgIpc) is 2.88. The van der Waals surface area contributed by atoms with Crippen molar-refractivity contribution < 1.29 is 4.79 Å². The number of rotatable bonds is 5. The number of H-pyrrole nitrogens is 1. The maximum atomic E-state index is 12.5. The first-order valence-corrected chi connectivity index (χ1v) is 8.83. The van der Waals surface area contributed by atoms with E-state index in [1.54, 1.807) is 0 Å². The minimum Gasteiger partial charge on any atom is -0.358 e. The van der Waals surface area contributed by atoms with E-state index in [9.17, 15) is 4.79 Å². The third-order valence-corrected chi connectivity index (χ3v) is 5.12. The summed E-state index contributed by atoms with van der Waals surface area (Å²) in [6.45, 7) is 10.5. The number of hydrogen-bond acceptors (Lipinski definition) is 3. The van der Waals surface area contributed by atoms with Gasteiger partial charge in [-0.1, -0.05) is 12.1 Å². The molecule has 3 rings (SSSR count). The number of para-hydroxylation sites is 1. The minimum atomic E-state index is 0.0141. The van der Waals surface area contributed by atoms with Crippen molar-refractivity contribution in [2.24, 2.45) is 0 Å². The molecule has 0 radical (unpaired) electrons. The molecule has 2 N–H and O–H groups in total. The quantitative estimate of drug-likeness (QED) is 0.827. The Morgan fingerprint density at radius 2 is 1.96 bits per heavy atom. The maximum Gasteiger partial charge on any atom is 0.253 e. The van der Waals surface area contributed by atoms with Gasteiger partial charge in [-0.15, -0.1) is 0 Å². The maximum absolute atomic E-state index is 12.5. The average molecular weight is 328 g/mol. The number of fused-ring (bicyclic) bond motifs is 1. The Morgan fingerprint density at radius 1 is 1.21 bits per heavy atom. The van der Waals surface area contributed by atoms with E-state index in [1.807, 2.05) is 19.1 Å². The summed E-state index contributed by atoms with van der Waals surface area (Å²) < 4.78 is 0. The van der Waals surface area contributed by atoms with Crippen LogP contribution in [0.4, 0.5) is 0 Å². The smallest absolute Gasteiger partial charge is 0.253 e. The number of amides is 1. The van der Waals surface area contributed by atoms with E-state index in [4.69, 9.17) is 0 Å². The first kappa shape index (κ1) is 17.0. The number of carbonyl (C=O) groups is 1. The van der Waals surface area contributed by atoms with Crippen molar-refractivity contribution in [3.8, 4) is 0 Å². The van der Waals surface area contributed by atoms with E-state index in [-0.39, 0.29) is 5.91 Å². The van der Waals surface area contributed by atoms with Gasteiger partial charge in [-0.25, -0.2) is 0 Å². The molecule has 130 valence electrons. The molecule has 24 heavy (non-hydrogen) atoms. The fraction of sp³-hybridized carbons (Fsp3) is 0.526. The van der Waals surface area contributed by atoms with Gasteiger partial charge in [0.15, 0.2) is 0 Å². The summed E-state index contributed by atoms with van der Waals surface area (Å²) in [5.74, 6) is 0.0141. The number of aromatic nitrogens is 1. The van der Waals surface area contributed by atoms with Crippen LogP contribution in [0.3, 0.4) is 0 Å². The van der Waals surface area contributed by atoms with Crippen molar-refractivity contribution in [2.45, 2.75) is 20.3 Å².